The van der Waals surface area contributed by atoms with Gasteiger partial charge in [0.25, 0.3) is 5.91 Å². The number of nitrogens with zero attached hydrogens (tertiary/aromatic N) is 2. The molecular weight excluding hydrogens is 370 g/mol. The Morgan fingerprint density at radius 2 is 2.25 bits per heavy atom. The van der Waals surface area contributed by atoms with Crippen molar-refractivity contribution in [3.63, 3.8) is 0 Å². The summed E-state index contributed by atoms with van der Waals surface area (Å²) in [6.45, 7) is 1.27. The average Bonchev–Trinajstić information content (AvgIpc) is 3.24. The highest BCUT2D eigenvalue weighted by molar-refractivity contribution is 9.10. The van der Waals surface area contributed by atoms with Crippen molar-refractivity contribution in [2.45, 2.75) is 12.5 Å². The number of pyridine rings is 1. The predicted molar refractivity (Wildman–Crippen MR) is 95.2 cm³/mol. The van der Waals surface area contributed by atoms with E-state index in [-0.39, 0.29) is 12.0 Å². The highest BCUT2D eigenvalue weighted by atomic mass is 79.9. The molecule has 1 fully saturated rings. The molecule has 0 saturated carbocycles. The molecule has 24 heavy (non-hydrogen) atoms. The molecule has 1 unspecified atom stereocenters. The third-order valence-electron chi connectivity index (χ3n) is 4.24. The number of amides is 1. The topological polar surface area (TPSA) is 58.2 Å². The third-order valence-corrected chi connectivity index (χ3v) is 4.84. The number of rotatable bonds is 3. The second-order valence-corrected chi connectivity index (χ2v) is 6.70. The standard InChI is InChI=1S/C18H16BrN3O2/c19-15-2-1-7-21-17(15)24-14-6-9-22(11-14)18(23)13-4-3-12-5-8-20-16(12)10-13/h1-5,7-8,10,14,20H,6,9,11H2. The molecule has 1 amide bonds. The molecule has 0 bridgehead atoms. The van der Waals surface area contributed by atoms with E-state index in [1.54, 1.807) is 6.20 Å². The molecule has 4 rings (SSSR count). The van der Waals surface area contributed by atoms with Gasteiger partial charge < -0.3 is 14.6 Å². The number of nitrogens with one attached hydrogen (secondary N) is 1. The van der Waals surface area contributed by atoms with Gasteiger partial charge in [-0.1, -0.05) is 6.07 Å². The minimum absolute atomic E-state index is 0.0330. The van der Waals surface area contributed by atoms with Crippen LogP contribution in [0.5, 0.6) is 5.88 Å². The Hall–Kier alpha value is -2.34. The molecule has 122 valence electrons. The van der Waals surface area contributed by atoms with Gasteiger partial charge in [0.15, 0.2) is 0 Å². The average molecular weight is 386 g/mol. The van der Waals surface area contributed by atoms with Gasteiger partial charge in [0.05, 0.1) is 11.0 Å². The van der Waals surface area contributed by atoms with Gasteiger partial charge in [-0.3, -0.25) is 4.79 Å². The predicted octanol–water partition coefficient (Wildman–Crippen LogP) is 3.62. The molecule has 1 N–H and O–H groups in total. The van der Waals surface area contributed by atoms with Crippen LogP contribution >= 0.6 is 15.9 Å². The largest absolute Gasteiger partial charge is 0.472 e. The fourth-order valence-electron chi connectivity index (χ4n) is 2.99. The zero-order chi connectivity index (χ0) is 16.5. The second-order valence-electron chi connectivity index (χ2n) is 5.85. The molecule has 1 atom stereocenters. The van der Waals surface area contributed by atoms with E-state index in [4.69, 9.17) is 4.74 Å². The van der Waals surface area contributed by atoms with E-state index in [2.05, 4.69) is 25.9 Å². The van der Waals surface area contributed by atoms with Crippen molar-refractivity contribution in [2.24, 2.45) is 0 Å². The molecule has 5 nitrogen and oxygen atoms in total. The first-order valence-electron chi connectivity index (χ1n) is 7.84. The maximum absolute atomic E-state index is 12.7. The van der Waals surface area contributed by atoms with Crippen LogP contribution in [0.15, 0.2) is 53.3 Å². The second kappa shape index (κ2) is 6.28. The zero-order valence-electron chi connectivity index (χ0n) is 12.9. The fraction of sp³-hybridized carbons (Fsp3) is 0.222. The van der Waals surface area contributed by atoms with Gasteiger partial charge in [-0.25, -0.2) is 4.98 Å². The number of likely N-dealkylation sites (tertiary alicyclic amines) is 1. The molecule has 1 aliphatic heterocycles. The number of carbonyl (C=O) groups excluding carboxylic acids is 1. The number of aromatic amines is 1. The van der Waals surface area contributed by atoms with Crippen molar-refractivity contribution in [1.82, 2.24) is 14.9 Å². The molecule has 1 saturated heterocycles. The maximum Gasteiger partial charge on any atom is 0.254 e. The third kappa shape index (κ3) is 2.89. The van der Waals surface area contributed by atoms with Crippen LogP contribution in [-0.4, -0.2) is 40.0 Å². The first kappa shape index (κ1) is 15.2. The summed E-state index contributed by atoms with van der Waals surface area (Å²) >= 11 is 3.43. The highest BCUT2D eigenvalue weighted by Gasteiger charge is 2.29. The lowest BCUT2D eigenvalue weighted by molar-refractivity contribution is 0.0771. The number of hydrogen-bond acceptors (Lipinski definition) is 3. The summed E-state index contributed by atoms with van der Waals surface area (Å²) in [6.07, 6.45) is 4.35. The van der Waals surface area contributed by atoms with E-state index in [1.807, 2.05) is 47.5 Å². The highest BCUT2D eigenvalue weighted by Crippen LogP contribution is 2.25. The molecule has 1 aromatic carbocycles. The number of H-pyrrole nitrogens is 1. The Morgan fingerprint density at radius 3 is 3.12 bits per heavy atom. The fourth-order valence-corrected chi connectivity index (χ4v) is 3.34. The van der Waals surface area contributed by atoms with Crippen LogP contribution in [0.4, 0.5) is 0 Å². The van der Waals surface area contributed by atoms with Crippen LogP contribution < -0.4 is 4.74 Å². The summed E-state index contributed by atoms with van der Waals surface area (Å²) < 4.78 is 6.75. The lowest BCUT2D eigenvalue weighted by atomic mass is 10.1. The number of fused-ring (bicyclic) bond motifs is 1. The van der Waals surface area contributed by atoms with Crippen molar-refractivity contribution < 1.29 is 9.53 Å². The molecule has 3 heterocycles. The van der Waals surface area contributed by atoms with Gasteiger partial charge in [0.2, 0.25) is 5.88 Å². The Kier molecular flexibility index (Phi) is 3.98. The Bertz CT molecular complexity index is 893. The number of aromatic nitrogens is 2. The molecule has 2 aromatic heterocycles. The first-order valence-corrected chi connectivity index (χ1v) is 8.63. The lowest BCUT2D eigenvalue weighted by Gasteiger charge is -2.17. The summed E-state index contributed by atoms with van der Waals surface area (Å²) in [5.74, 6) is 0.613. The van der Waals surface area contributed by atoms with Gasteiger partial charge in [0, 0.05) is 36.4 Å². The number of hydrogen-bond donors (Lipinski definition) is 1. The van der Waals surface area contributed by atoms with Crippen LogP contribution in [-0.2, 0) is 0 Å². The molecule has 0 aliphatic carbocycles. The Labute approximate surface area is 147 Å². The summed E-state index contributed by atoms with van der Waals surface area (Å²) in [4.78, 5) is 21.9. The van der Waals surface area contributed by atoms with Crippen LogP contribution in [0.1, 0.15) is 16.8 Å². The zero-order valence-corrected chi connectivity index (χ0v) is 14.5. The minimum atomic E-state index is -0.0330. The summed E-state index contributed by atoms with van der Waals surface area (Å²) in [6, 6.07) is 11.5. The van der Waals surface area contributed by atoms with Crippen LogP contribution in [0.3, 0.4) is 0 Å². The number of carbonyl (C=O) groups is 1. The molecule has 3 aromatic rings. The van der Waals surface area contributed by atoms with Gasteiger partial charge in [-0.05, 0) is 51.6 Å². The maximum atomic E-state index is 12.7. The van der Waals surface area contributed by atoms with E-state index in [1.165, 1.54) is 0 Å². The molecule has 0 spiro atoms. The SMILES string of the molecule is O=C(c1ccc2cc[nH]c2c1)N1CCC(Oc2ncccc2Br)C1. The van der Waals surface area contributed by atoms with Gasteiger partial charge in [-0.15, -0.1) is 0 Å². The van der Waals surface area contributed by atoms with Crippen molar-refractivity contribution in [2.75, 3.05) is 13.1 Å². The van der Waals surface area contributed by atoms with Crippen LogP contribution in [0.25, 0.3) is 10.9 Å². The summed E-state index contributed by atoms with van der Waals surface area (Å²) in [7, 11) is 0. The molecule has 0 radical (unpaired) electrons. The van der Waals surface area contributed by atoms with E-state index < -0.39 is 0 Å². The number of ether oxygens (including phenoxy) is 1. The van der Waals surface area contributed by atoms with E-state index >= 15 is 0 Å². The Balaban J connectivity index is 1.46. The van der Waals surface area contributed by atoms with Gasteiger partial charge in [0.1, 0.15) is 6.10 Å². The summed E-state index contributed by atoms with van der Waals surface area (Å²) in [5.41, 5.74) is 1.68. The lowest BCUT2D eigenvalue weighted by Crippen LogP contribution is -2.31. The van der Waals surface area contributed by atoms with Crippen molar-refractivity contribution >= 4 is 32.7 Å². The van der Waals surface area contributed by atoms with Crippen LogP contribution in [0.2, 0.25) is 0 Å². The van der Waals surface area contributed by atoms with Gasteiger partial charge in [-0.2, -0.15) is 0 Å². The quantitative estimate of drug-likeness (QED) is 0.748. The normalized spacial score (nSPS) is 17.4. The van der Waals surface area contributed by atoms with E-state index in [0.717, 1.165) is 21.8 Å². The summed E-state index contributed by atoms with van der Waals surface area (Å²) in [5, 5.41) is 1.11. The minimum Gasteiger partial charge on any atom is -0.472 e. The van der Waals surface area contributed by atoms with Crippen molar-refractivity contribution in [3.8, 4) is 5.88 Å². The van der Waals surface area contributed by atoms with E-state index in [0.29, 0.717) is 24.5 Å². The molecule has 6 heteroatoms. The molecular formula is C18H16BrN3O2. The van der Waals surface area contributed by atoms with Gasteiger partial charge >= 0.3 is 0 Å². The Morgan fingerprint density at radius 1 is 1.33 bits per heavy atom. The van der Waals surface area contributed by atoms with Crippen LogP contribution in [0, 0.1) is 0 Å². The molecule has 1 aliphatic rings. The number of halogens is 1. The number of benzene rings is 1. The van der Waals surface area contributed by atoms with Crippen molar-refractivity contribution in [3.05, 3.63) is 58.8 Å². The monoisotopic (exact) mass is 385 g/mol. The van der Waals surface area contributed by atoms with Crippen molar-refractivity contribution in [1.29, 1.82) is 0 Å². The first-order chi connectivity index (χ1) is 11.7. The van der Waals surface area contributed by atoms with E-state index in [9.17, 15) is 4.79 Å². The smallest absolute Gasteiger partial charge is 0.254 e.